The molecule has 0 radical (unpaired) electrons. The van der Waals surface area contributed by atoms with Gasteiger partial charge in [0.25, 0.3) is 5.92 Å². The van der Waals surface area contributed by atoms with Crippen molar-refractivity contribution in [1.29, 1.82) is 0 Å². The Labute approximate surface area is 114 Å². The first-order valence-electron chi connectivity index (χ1n) is 6.60. The molecule has 0 unspecified atom stereocenters. The van der Waals surface area contributed by atoms with Crippen LogP contribution in [0.2, 0.25) is 0 Å². The Morgan fingerprint density at radius 2 is 2.05 bits per heavy atom. The first-order chi connectivity index (χ1) is 9.41. The predicted octanol–water partition coefficient (Wildman–Crippen LogP) is 3.12. The van der Waals surface area contributed by atoms with Crippen LogP contribution in [0, 0.1) is 6.92 Å². The second kappa shape index (κ2) is 4.30. The average Bonchev–Trinajstić information content (AvgIpc) is 2.35. The van der Waals surface area contributed by atoms with Crippen LogP contribution in [-0.4, -0.2) is 19.0 Å². The van der Waals surface area contributed by atoms with Gasteiger partial charge in [-0.3, -0.25) is 0 Å². The van der Waals surface area contributed by atoms with Gasteiger partial charge < -0.3 is 9.32 Å². The lowest BCUT2D eigenvalue weighted by atomic mass is 10.0. The fourth-order valence-electron chi connectivity index (χ4n) is 2.68. The van der Waals surface area contributed by atoms with Crippen molar-refractivity contribution in [3.8, 4) is 0 Å². The van der Waals surface area contributed by atoms with Crippen LogP contribution in [0.25, 0.3) is 11.0 Å². The highest BCUT2D eigenvalue weighted by molar-refractivity contribution is 5.84. The van der Waals surface area contributed by atoms with Gasteiger partial charge in [-0.25, -0.2) is 13.6 Å². The van der Waals surface area contributed by atoms with Gasteiger partial charge in [-0.15, -0.1) is 0 Å². The molecular weight excluding hydrogens is 264 g/mol. The Balaban J connectivity index is 2.07. The minimum Gasteiger partial charge on any atom is -0.422 e. The van der Waals surface area contributed by atoms with Crippen molar-refractivity contribution >= 4 is 16.7 Å². The molecule has 2 heterocycles. The van der Waals surface area contributed by atoms with Crippen molar-refractivity contribution in [3.05, 3.63) is 39.7 Å². The number of rotatable bonds is 2. The molecule has 1 aliphatic heterocycles. The highest BCUT2D eigenvalue weighted by Gasteiger charge is 2.43. The lowest BCUT2D eigenvalue weighted by molar-refractivity contribution is -0.0262. The summed E-state index contributed by atoms with van der Waals surface area (Å²) in [5.74, 6) is -2.61. The number of nitrogens with zero attached hydrogens (tertiary/aromatic N) is 1. The maximum Gasteiger partial charge on any atom is 0.339 e. The molecular formula is C15H15F2NO2. The first kappa shape index (κ1) is 13.1. The fraction of sp³-hybridized carbons (Fsp3) is 0.400. The summed E-state index contributed by atoms with van der Waals surface area (Å²) in [7, 11) is 0. The molecule has 0 atom stereocenters. The number of anilines is 1. The van der Waals surface area contributed by atoms with Crippen LogP contribution in [0.1, 0.15) is 18.1 Å². The quantitative estimate of drug-likeness (QED) is 0.792. The highest BCUT2D eigenvalue weighted by Crippen LogP contribution is 2.33. The summed E-state index contributed by atoms with van der Waals surface area (Å²) in [6.45, 7) is 3.22. The third kappa shape index (κ3) is 1.97. The van der Waals surface area contributed by atoms with E-state index in [1.807, 2.05) is 19.9 Å². The number of alkyl halides is 2. The topological polar surface area (TPSA) is 33.5 Å². The van der Waals surface area contributed by atoms with E-state index in [4.69, 9.17) is 4.42 Å². The van der Waals surface area contributed by atoms with Gasteiger partial charge in [0.15, 0.2) is 0 Å². The Bertz CT molecular complexity index is 728. The van der Waals surface area contributed by atoms with E-state index in [-0.39, 0.29) is 18.7 Å². The Morgan fingerprint density at radius 1 is 1.35 bits per heavy atom. The molecule has 106 valence electrons. The molecule has 0 saturated carbocycles. The standard InChI is InChI=1S/C15H15F2NO2/c1-3-11-9(2)12-5-4-10(6-13(12)20-14(11)19)18-7-15(16,17)8-18/h4-6H,3,7-8H2,1-2H3. The van der Waals surface area contributed by atoms with Gasteiger partial charge in [-0.05, 0) is 31.0 Å². The molecule has 1 aromatic heterocycles. The third-order valence-electron chi connectivity index (χ3n) is 3.83. The largest absolute Gasteiger partial charge is 0.422 e. The Morgan fingerprint density at radius 3 is 2.65 bits per heavy atom. The molecule has 5 heteroatoms. The zero-order valence-corrected chi connectivity index (χ0v) is 11.4. The second-order valence-corrected chi connectivity index (χ2v) is 5.24. The van der Waals surface area contributed by atoms with Crippen LogP contribution >= 0.6 is 0 Å². The van der Waals surface area contributed by atoms with E-state index >= 15 is 0 Å². The van der Waals surface area contributed by atoms with Gasteiger partial charge in [-0.1, -0.05) is 6.92 Å². The fourth-order valence-corrected chi connectivity index (χ4v) is 2.68. The summed E-state index contributed by atoms with van der Waals surface area (Å²) in [6.07, 6.45) is 0.615. The minimum absolute atomic E-state index is 0.283. The summed E-state index contributed by atoms with van der Waals surface area (Å²) in [4.78, 5) is 13.4. The number of fused-ring (bicyclic) bond motifs is 1. The monoisotopic (exact) mass is 279 g/mol. The zero-order valence-electron chi connectivity index (χ0n) is 11.4. The van der Waals surface area contributed by atoms with Crippen molar-refractivity contribution in [3.63, 3.8) is 0 Å². The molecule has 1 aliphatic rings. The first-order valence-corrected chi connectivity index (χ1v) is 6.60. The van der Waals surface area contributed by atoms with Crippen molar-refractivity contribution in [1.82, 2.24) is 0 Å². The van der Waals surface area contributed by atoms with Gasteiger partial charge in [0.1, 0.15) is 5.58 Å². The summed E-state index contributed by atoms with van der Waals surface area (Å²) in [5.41, 5.74) is 2.34. The summed E-state index contributed by atoms with van der Waals surface area (Å²) in [6, 6.07) is 5.29. The van der Waals surface area contributed by atoms with E-state index in [9.17, 15) is 13.6 Å². The Hall–Kier alpha value is -1.91. The van der Waals surface area contributed by atoms with E-state index in [1.165, 1.54) is 0 Å². The second-order valence-electron chi connectivity index (χ2n) is 5.24. The van der Waals surface area contributed by atoms with Crippen molar-refractivity contribution in [2.24, 2.45) is 0 Å². The molecule has 2 aromatic rings. The van der Waals surface area contributed by atoms with Gasteiger partial charge >= 0.3 is 5.63 Å². The lowest BCUT2D eigenvalue weighted by Crippen LogP contribution is -2.56. The van der Waals surface area contributed by atoms with Crippen LogP contribution in [0.15, 0.2) is 27.4 Å². The normalized spacial score (nSPS) is 17.3. The van der Waals surface area contributed by atoms with Crippen LogP contribution in [0.5, 0.6) is 0 Å². The van der Waals surface area contributed by atoms with E-state index in [1.54, 1.807) is 17.0 Å². The number of benzene rings is 1. The van der Waals surface area contributed by atoms with Gasteiger partial charge in [-0.2, -0.15) is 0 Å². The number of hydrogen-bond acceptors (Lipinski definition) is 3. The smallest absolute Gasteiger partial charge is 0.339 e. The van der Waals surface area contributed by atoms with Gasteiger partial charge in [0.05, 0.1) is 13.1 Å². The molecule has 0 bridgehead atoms. The maximum atomic E-state index is 12.9. The summed E-state index contributed by atoms with van der Waals surface area (Å²) >= 11 is 0. The molecule has 3 nitrogen and oxygen atoms in total. The molecule has 0 amide bonds. The lowest BCUT2D eigenvalue weighted by Gasteiger charge is -2.40. The summed E-state index contributed by atoms with van der Waals surface area (Å²) in [5, 5.41) is 0.859. The van der Waals surface area contributed by atoms with Crippen molar-refractivity contribution in [2.45, 2.75) is 26.2 Å². The molecule has 3 rings (SSSR count). The molecule has 20 heavy (non-hydrogen) atoms. The number of hydrogen-bond donors (Lipinski definition) is 0. The molecule has 1 fully saturated rings. The average molecular weight is 279 g/mol. The van der Waals surface area contributed by atoms with E-state index in [2.05, 4.69) is 0 Å². The number of halogens is 2. The molecule has 0 spiro atoms. The minimum atomic E-state index is -2.61. The highest BCUT2D eigenvalue weighted by atomic mass is 19.3. The molecule has 1 aromatic carbocycles. The van der Waals surface area contributed by atoms with Gasteiger partial charge in [0, 0.05) is 22.7 Å². The van der Waals surface area contributed by atoms with Crippen LogP contribution < -0.4 is 10.5 Å². The molecule has 0 aliphatic carbocycles. The molecule has 1 saturated heterocycles. The van der Waals surface area contributed by atoms with E-state index in [0.29, 0.717) is 23.3 Å². The summed E-state index contributed by atoms with van der Waals surface area (Å²) < 4.78 is 31.1. The van der Waals surface area contributed by atoms with Crippen LogP contribution in [0.4, 0.5) is 14.5 Å². The Kier molecular flexibility index (Phi) is 2.81. The van der Waals surface area contributed by atoms with Crippen molar-refractivity contribution in [2.75, 3.05) is 18.0 Å². The third-order valence-corrected chi connectivity index (χ3v) is 3.83. The SMILES string of the molecule is CCc1c(C)c2ccc(N3CC(F)(F)C3)cc2oc1=O. The van der Waals surface area contributed by atoms with Crippen LogP contribution in [0.3, 0.4) is 0 Å². The van der Waals surface area contributed by atoms with E-state index < -0.39 is 5.92 Å². The molecule has 0 N–H and O–H groups in total. The maximum absolute atomic E-state index is 12.9. The van der Waals surface area contributed by atoms with Crippen molar-refractivity contribution < 1.29 is 13.2 Å². The van der Waals surface area contributed by atoms with E-state index in [0.717, 1.165) is 10.9 Å². The zero-order chi connectivity index (χ0) is 14.5. The number of aryl methyl sites for hydroxylation is 1. The van der Waals surface area contributed by atoms with Crippen LogP contribution in [-0.2, 0) is 6.42 Å². The predicted molar refractivity (Wildman–Crippen MR) is 73.8 cm³/mol. The van der Waals surface area contributed by atoms with Gasteiger partial charge in [0.2, 0.25) is 0 Å².